The molecule has 1 atom stereocenters. The van der Waals surface area contributed by atoms with E-state index in [2.05, 4.69) is 11.3 Å². The number of carbonyl (C=O) groups is 2. The molecule has 5 heteroatoms. The van der Waals surface area contributed by atoms with E-state index in [1.165, 1.54) is 12.2 Å². The molecule has 0 bridgehead atoms. The highest BCUT2D eigenvalue weighted by atomic mass is 16.7. The molecule has 2 rings (SSSR count). The Morgan fingerprint density at radius 1 is 1.32 bits per heavy atom. The smallest absolute Gasteiger partial charge is 0.357 e. The second-order valence-corrected chi connectivity index (χ2v) is 4.31. The normalized spacial score (nSPS) is 19.2. The van der Waals surface area contributed by atoms with Crippen LogP contribution < -0.4 is 0 Å². The second-order valence-electron chi connectivity index (χ2n) is 4.31. The van der Waals surface area contributed by atoms with Gasteiger partial charge in [0.25, 0.3) is 0 Å². The molecule has 0 unspecified atom stereocenters. The minimum absolute atomic E-state index is 0.346. The first-order chi connectivity index (χ1) is 9.11. The van der Waals surface area contributed by atoms with Gasteiger partial charge in [0.05, 0.1) is 19.2 Å². The van der Waals surface area contributed by atoms with Gasteiger partial charge in [-0.05, 0) is 18.6 Å². The summed E-state index contributed by atoms with van der Waals surface area (Å²) in [6.45, 7) is 4.16. The number of hydrogen-bond acceptors (Lipinski definition) is 5. The Morgan fingerprint density at radius 3 is 2.63 bits per heavy atom. The average Bonchev–Trinajstić information content (AvgIpc) is 2.79. The number of ether oxygens (including phenoxy) is 1. The van der Waals surface area contributed by atoms with E-state index in [1.807, 2.05) is 6.07 Å². The van der Waals surface area contributed by atoms with E-state index < -0.39 is 18.0 Å². The zero-order chi connectivity index (χ0) is 13.8. The van der Waals surface area contributed by atoms with Crippen LogP contribution in [0.1, 0.15) is 16.8 Å². The van der Waals surface area contributed by atoms with E-state index in [0.29, 0.717) is 18.5 Å². The Balaban J connectivity index is 2.07. The van der Waals surface area contributed by atoms with Crippen LogP contribution in [0.4, 0.5) is 0 Å². The van der Waals surface area contributed by atoms with Gasteiger partial charge in [-0.3, -0.25) is 4.79 Å². The maximum Gasteiger partial charge on any atom is 0.357 e. The Bertz CT molecular complexity index is 497. The Hall–Kier alpha value is -2.14. The highest BCUT2D eigenvalue weighted by Gasteiger charge is 2.36. The van der Waals surface area contributed by atoms with Crippen molar-refractivity contribution in [2.24, 2.45) is 0 Å². The fourth-order valence-corrected chi connectivity index (χ4v) is 1.94. The summed E-state index contributed by atoms with van der Waals surface area (Å²) in [5.74, 6) is -0.927. The van der Waals surface area contributed by atoms with Gasteiger partial charge in [0.15, 0.2) is 0 Å². The largest absolute Gasteiger partial charge is 0.468 e. The first-order valence-electron chi connectivity index (χ1n) is 5.90. The molecule has 1 aliphatic rings. The Kier molecular flexibility index (Phi) is 3.97. The van der Waals surface area contributed by atoms with Crippen LogP contribution in [-0.4, -0.2) is 36.7 Å². The molecule has 0 radical (unpaired) electrons. The predicted octanol–water partition coefficient (Wildman–Crippen LogP) is 1.56. The van der Waals surface area contributed by atoms with Gasteiger partial charge in [-0.25, -0.2) is 4.79 Å². The lowest BCUT2D eigenvalue weighted by Crippen LogP contribution is -2.38. The SMILES string of the molecule is C=C1C[C@@H](C(=O)OC)N(OC(=O)c2ccccc2)C1. The molecule has 1 aromatic carbocycles. The van der Waals surface area contributed by atoms with Crippen LogP contribution in [0.5, 0.6) is 0 Å². The average molecular weight is 261 g/mol. The number of hydroxylamine groups is 2. The molecule has 0 amide bonds. The fraction of sp³-hybridized carbons (Fsp3) is 0.286. The summed E-state index contributed by atoms with van der Waals surface area (Å²) in [5, 5.41) is 1.32. The van der Waals surface area contributed by atoms with Crippen LogP contribution in [0, 0.1) is 0 Å². The molecule has 1 aromatic rings. The van der Waals surface area contributed by atoms with E-state index >= 15 is 0 Å². The second kappa shape index (κ2) is 5.67. The van der Waals surface area contributed by atoms with Crippen molar-refractivity contribution in [2.75, 3.05) is 13.7 Å². The van der Waals surface area contributed by atoms with Gasteiger partial charge < -0.3 is 9.57 Å². The van der Waals surface area contributed by atoms with Crippen molar-refractivity contribution in [2.45, 2.75) is 12.5 Å². The Morgan fingerprint density at radius 2 is 2.00 bits per heavy atom. The summed E-state index contributed by atoms with van der Waals surface area (Å²) in [7, 11) is 1.31. The van der Waals surface area contributed by atoms with Gasteiger partial charge in [0, 0.05) is 0 Å². The molecule has 5 nitrogen and oxygen atoms in total. The first-order valence-corrected chi connectivity index (χ1v) is 5.90. The topological polar surface area (TPSA) is 55.8 Å². The van der Waals surface area contributed by atoms with Gasteiger partial charge in [-0.2, -0.15) is 0 Å². The molecular formula is C14H15NO4. The van der Waals surface area contributed by atoms with Crippen molar-refractivity contribution in [1.29, 1.82) is 0 Å². The third-order valence-electron chi connectivity index (χ3n) is 2.89. The number of benzene rings is 1. The molecule has 1 heterocycles. The Labute approximate surface area is 111 Å². The van der Waals surface area contributed by atoms with Crippen LogP contribution in [0.2, 0.25) is 0 Å². The lowest BCUT2D eigenvalue weighted by Gasteiger charge is -2.20. The van der Waals surface area contributed by atoms with Crippen molar-refractivity contribution in [1.82, 2.24) is 5.06 Å². The number of carbonyl (C=O) groups excluding carboxylic acids is 2. The number of esters is 1. The lowest BCUT2D eigenvalue weighted by molar-refractivity contribution is -0.165. The van der Waals surface area contributed by atoms with Gasteiger partial charge in [0.2, 0.25) is 0 Å². The quantitative estimate of drug-likeness (QED) is 0.610. The summed E-state index contributed by atoms with van der Waals surface area (Å²) < 4.78 is 4.69. The molecular weight excluding hydrogens is 246 g/mol. The summed E-state index contributed by atoms with van der Waals surface area (Å²) in [6.07, 6.45) is 0.439. The summed E-state index contributed by atoms with van der Waals surface area (Å²) in [5.41, 5.74) is 1.26. The van der Waals surface area contributed by atoms with Crippen molar-refractivity contribution < 1.29 is 19.2 Å². The predicted molar refractivity (Wildman–Crippen MR) is 68.1 cm³/mol. The van der Waals surface area contributed by atoms with Crippen molar-refractivity contribution in [3.8, 4) is 0 Å². The van der Waals surface area contributed by atoms with Crippen LogP contribution in [0.25, 0.3) is 0 Å². The highest BCUT2D eigenvalue weighted by molar-refractivity contribution is 5.89. The third-order valence-corrected chi connectivity index (χ3v) is 2.89. The van der Waals surface area contributed by atoms with E-state index in [-0.39, 0.29) is 0 Å². The summed E-state index contributed by atoms with van der Waals surface area (Å²) in [4.78, 5) is 28.7. The van der Waals surface area contributed by atoms with Crippen LogP contribution >= 0.6 is 0 Å². The monoisotopic (exact) mass is 261 g/mol. The van der Waals surface area contributed by atoms with Crippen molar-refractivity contribution >= 4 is 11.9 Å². The minimum Gasteiger partial charge on any atom is -0.468 e. The molecule has 0 spiro atoms. The van der Waals surface area contributed by atoms with Gasteiger partial charge in [-0.15, -0.1) is 5.06 Å². The molecule has 19 heavy (non-hydrogen) atoms. The fourth-order valence-electron chi connectivity index (χ4n) is 1.94. The maximum atomic E-state index is 11.9. The van der Waals surface area contributed by atoms with E-state index in [9.17, 15) is 9.59 Å². The molecule has 0 N–H and O–H groups in total. The molecule has 100 valence electrons. The molecule has 1 saturated heterocycles. The molecule has 0 aliphatic carbocycles. The van der Waals surface area contributed by atoms with Crippen LogP contribution in [0.3, 0.4) is 0 Å². The van der Waals surface area contributed by atoms with Crippen LogP contribution in [-0.2, 0) is 14.4 Å². The minimum atomic E-state index is -0.606. The maximum absolute atomic E-state index is 11.9. The van der Waals surface area contributed by atoms with Gasteiger partial charge in [0.1, 0.15) is 6.04 Å². The number of nitrogens with zero attached hydrogens (tertiary/aromatic N) is 1. The van der Waals surface area contributed by atoms with Crippen molar-refractivity contribution in [3.05, 3.63) is 48.0 Å². The van der Waals surface area contributed by atoms with Crippen LogP contribution in [0.15, 0.2) is 42.5 Å². The van der Waals surface area contributed by atoms with E-state index in [1.54, 1.807) is 24.3 Å². The zero-order valence-corrected chi connectivity index (χ0v) is 10.7. The highest BCUT2D eigenvalue weighted by Crippen LogP contribution is 2.23. The lowest BCUT2D eigenvalue weighted by atomic mass is 10.2. The molecule has 0 aromatic heterocycles. The van der Waals surface area contributed by atoms with E-state index in [4.69, 9.17) is 4.84 Å². The summed E-state index contributed by atoms with van der Waals surface area (Å²) >= 11 is 0. The summed E-state index contributed by atoms with van der Waals surface area (Å²) in [6, 6.07) is 8.01. The number of hydrogen-bond donors (Lipinski definition) is 0. The zero-order valence-electron chi connectivity index (χ0n) is 10.7. The third kappa shape index (κ3) is 3.00. The standard InChI is InChI=1S/C14H15NO4/c1-10-8-12(14(17)18-2)15(9-10)19-13(16)11-6-4-3-5-7-11/h3-7,12H,1,8-9H2,2H3/t12-/m0/s1. The van der Waals surface area contributed by atoms with Gasteiger partial charge in [-0.1, -0.05) is 30.4 Å². The molecule has 1 aliphatic heterocycles. The first kappa shape index (κ1) is 13.3. The molecule has 1 fully saturated rings. The van der Waals surface area contributed by atoms with E-state index in [0.717, 1.165) is 5.57 Å². The van der Waals surface area contributed by atoms with Gasteiger partial charge >= 0.3 is 11.9 Å². The van der Waals surface area contributed by atoms with Crippen molar-refractivity contribution in [3.63, 3.8) is 0 Å². The number of methoxy groups -OCH3 is 1. The molecule has 0 saturated carbocycles. The number of rotatable bonds is 3.